The number of carbonyl (C=O) groups is 1. The molecule has 0 aromatic carbocycles. The van der Waals surface area contributed by atoms with Gasteiger partial charge in [-0.1, -0.05) is 6.92 Å². The van der Waals surface area contributed by atoms with E-state index in [0.717, 1.165) is 32.4 Å². The Hall–Kier alpha value is -1.69. The molecule has 1 aromatic heterocycles. The Morgan fingerprint density at radius 3 is 3.05 bits per heavy atom. The van der Waals surface area contributed by atoms with Crippen LogP contribution in [0.15, 0.2) is 12.4 Å². The van der Waals surface area contributed by atoms with Gasteiger partial charge < -0.3 is 15.0 Å². The van der Waals surface area contributed by atoms with Crippen molar-refractivity contribution < 1.29 is 9.53 Å². The Morgan fingerprint density at radius 2 is 2.33 bits per heavy atom. The molecule has 116 valence electrons. The summed E-state index contributed by atoms with van der Waals surface area (Å²) < 4.78 is 5.67. The molecular formula is C15H24N4O2. The van der Waals surface area contributed by atoms with Crippen molar-refractivity contribution in [1.82, 2.24) is 14.9 Å². The number of nitrogens with one attached hydrogen (secondary N) is 1. The second-order valence-electron chi connectivity index (χ2n) is 5.39. The van der Waals surface area contributed by atoms with Gasteiger partial charge in [0.15, 0.2) is 0 Å². The number of rotatable bonds is 6. The minimum Gasteiger partial charge on any atom is -0.376 e. The van der Waals surface area contributed by atoms with E-state index in [4.69, 9.17) is 4.74 Å². The van der Waals surface area contributed by atoms with Crippen molar-refractivity contribution in [1.29, 1.82) is 0 Å². The first-order valence-electron chi connectivity index (χ1n) is 7.63. The van der Waals surface area contributed by atoms with Crippen LogP contribution < -0.4 is 5.32 Å². The van der Waals surface area contributed by atoms with Gasteiger partial charge in [-0.3, -0.25) is 9.78 Å². The fourth-order valence-electron chi connectivity index (χ4n) is 2.34. The molecular weight excluding hydrogens is 268 g/mol. The van der Waals surface area contributed by atoms with Gasteiger partial charge in [-0.2, -0.15) is 0 Å². The number of ether oxygens (including phenoxy) is 1. The molecule has 1 atom stereocenters. The van der Waals surface area contributed by atoms with Crippen LogP contribution in [0.3, 0.4) is 0 Å². The summed E-state index contributed by atoms with van der Waals surface area (Å²) in [7, 11) is 1.79. The summed E-state index contributed by atoms with van der Waals surface area (Å²) in [5.41, 5.74) is 0.370. The largest absolute Gasteiger partial charge is 0.376 e. The Kier molecular flexibility index (Phi) is 5.92. The first-order valence-corrected chi connectivity index (χ1v) is 7.63. The van der Waals surface area contributed by atoms with Crippen molar-refractivity contribution in [2.45, 2.75) is 38.7 Å². The summed E-state index contributed by atoms with van der Waals surface area (Å²) in [6.45, 7) is 4.29. The number of hydrogen-bond donors (Lipinski definition) is 1. The normalized spacial score (nSPS) is 18.3. The highest BCUT2D eigenvalue weighted by atomic mass is 16.5. The average Bonchev–Trinajstić information content (AvgIpc) is 2.53. The third kappa shape index (κ3) is 4.67. The number of aromatic nitrogens is 2. The molecule has 0 radical (unpaired) electrons. The lowest BCUT2D eigenvalue weighted by Crippen LogP contribution is -2.37. The molecule has 1 unspecified atom stereocenters. The van der Waals surface area contributed by atoms with E-state index in [2.05, 4.69) is 22.2 Å². The van der Waals surface area contributed by atoms with E-state index in [1.54, 1.807) is 18.1 Å². The first-order chi connectivity index (χ1) is 10.2. The SMILES string of the molecule is CCCNc1cncc(C(=O)N(C)CC2CCCCO2)n1. The summed E-state index contributed by atoms with van der Waals surface area (Å²) in [4.78, 5) is 22.5. The molecule has 1 fully saturated rings. The number of likely N-dealkylation sites (N-methyl/N-ethyl adjacent to an activating group) is 1. The lowest BCUT2D eigenvalue weighted by Gasteiger charge is -2.27. The maximum absolute atomic E-state index is 12.4. The van der Waals surface area contributed by atoms with Gasteiger partial charge in [0, 0.05) is 26.7 Å². The molecule has 2 heterocycles. The number of hydrogen-bond acceptors (Lipinski definition) is 5. The van der Waals surface area contributed by atoms with Gasteiger partial charge in [0.25, 0.3) is 5.91 Å². The van der Waals surface area contributed by atoms with Crippen LogP contribution in [0.25, 0.3) is 0 Å². The molecule has 21 heavy (non-hydrogen) atoms. The van der Waals surface area contributed by atoms with Crippen LogP contribution in [0.5, 0.6) is 0 Å². The molecule has 6 nitrogen and oxygen atoms in total. The summed E-state index contributed by atoms with van der Waals surface area (Å²) in [6, 6.07) is 0. The summed E-state index contributed by atoms with van der Waals surface area (Å²) in [5, 5.41) is 3.14. The standard InChI is InChI=1S/C15H24N4O2/c1-3-7-17-14-10-16-9-13(18-14)15(20)19(2)11-12-6-4-5-8-21-12/h9-10,12H,3-8,11H2,1-2H3,(H,17,18). The number of nitrogens with zero attached hydrogens (tertiary/aromatic N) is 3. The Balaban J connectivity index is 1.94. The lowest BCUT2D eigenvalue weighted by atomic mass is 10.1. The van der Waals surface area contributed by atoms with Crippen molar-refractivity contribution >= 4 is 11.7 Å². The van der Waals surface area contributed by atoms with Crippen LogP contribution in [0.4, 0.5) is 5.82 Å². The van der Waals surface area contributed by atoms with Crippen LogP contribution >= 0.6 is 0 Å². The third-order valence-electron chi connectivity index (χ3n) is 3.51. The smallest absolute Gasteiger partial charge is 0.273 e. The highest BCUT2D eigenvalue weighted by molar-refractivity contribution is 5.92. The van der Waals surface area contributed by atoms with E-state index in [0.29, 0.717) is 18.1 Å². The molecule has 2 rings (SSSR count). The molecule has 0 bridgehead atoms. The van der Waals surface area contributed by atoms with E-state index in [9.17, 15) is 4.79 Å². The van der Waals surface area contributed by atoms with Gasteiger partial charge in [-0.05, 0) is 25.7 Å². The first kappa shape index (κ1) is 15.7. The summed E-state index contributed by atoms with van der Waals surface area (Å²) in [6.07, 6.45) is 7.59. The van der Waals surface area contributed by atoms with Crippen molar-refractivity contribution in [2.75, 3.05) is 32.1 Å². The molecule has 1 N–H and O–H groups in total. The van der Waals surface area contributed by atoms with Gasteiger partial charge in [-0.15, -0.1) is 0 Å². The maximum atomic E-state index is 12.4. The minimum absolute atomic E-state index is 0.114. The number of carbonyl (C=O) groups excluding carboxylic acids is 1. The van der Waals surface area contributed by atoms with Crippen LogP contribution in [0.1, 0.15) is 43.1 Å². The molecule has 1 aromatic rings. The predicted molar refractivity (Wildman–Crippen MR) is 81.4 cm³/mol. The molecule has 1 saturated heterocycles. The Labute approximate surface area is 125 Å². The van der Waals surface area contributed by atoms with Gasteiger partial charge in [0.1, 0.15) is 11.5 Å². The van der Waals surface area contributed by atoms with Crippen LogP contribution in [0, 0.1) is 0 Å². The molecule has 6 heteroatoms. The monoisotopic (exact) mass is 292 g/mol. The number of anilines is 1. The van der Waals surface area contributed by atoms with Crippen molar-refractivity contribution in [3.63, 3.8) is 0 Å². The highest BCUT2D eigenvalue weighted by Gasteiger charge is 2.20. The summed E-state index contributed by atoms with van der Waals surface area (Å²) in [5.74, 6) is 0.529. The van der Waals surface area contributed by atoms with E-state index in [-0.39, 0.29) is 12.0 Å². The van der Waals surface area contributed by atoms with Gasteiger partial charge in [0.05, 0.1) is 18.5 Å². The van der Waals surface area contributed by atoms with Crippen molar-refractivity contribution in [3.8, 4) is 0 Å². The zero-order chi connectivity index (χ0) is 15.1. The molecule has 1 amide bonds. The van der Waals surface area contributed by atoms with E-state index >= 15 is 0 Å². The van der Waals surface area contributed by atoms with Crippen molar-refractivity contribution in [3.05, 3.63) is 18.1 Å². The second-order valence-corrected chi connectivity index (χ2v) is 5.39. The lowest BCUT2D eigenvalue weighted by molar-refractivity contribution is -0.000295. The predicted octanol–water partition coefficient (Wildman–Crippen LogP) is 1.94. The summed E-state index contributed by atoms with van der Waals surface area (Å²) >= 11 is 0. The molecule has 0 saturated carbocycles. The second kappa shape index (κ2) is 7.93. The fourth-order valence-corrected chi connectivity index (χ4v) is 2.34. The van der Waals surface area contributed by atoms with E-state index in [1.807, 2.05) is 0 Å². The maximum Gasteiger partial charge on any atom is 0.273 e. The topological polar surface area (TPSA) is 67.4 Å². The molecule has 0 aliphatic carbocycles. The van der Waals surface area contributed by atoms with Gasteiger partial charge in [-0.25, -0.2) is 4.98 Å². The van der Waals surface area contributed by atoms with Crippen molar-refractivity contribution in [2.24, 2.45) is 0 Å². The highest BCUT2D eigenvalue weighted by Crippen LogP contribution is 2.14. The zero-order valence-corrected chi connectivity index (χ0v) is 12.8. The van der Waals surface area contributed by atoms with E-state index < -0.39 is 0 Å². The van der Waals surface area contributed by atoms with Crippen LogP contribution in [-0.4, -0.2) is 53.6 Å². The molecule has 1 aliphatic rings. The van der Waals surface area contributed by atoms with Crippen LogP contribution in [0.2, 0.25) is 0 Å². The molecule has 1 aliphatic heterocycles. The third-order valence-corrected chi connectivity index (χ3v) is 3.51. The quantitative estimate of drug-likeness (QED) is 0.868. The van der Waals surface area contributed by atoms with Gasteiger partial charge >= 0.3 is 0 Å². The van der Waals surface area contributed by atoms with E-state index in [1.165, 1.54) is 12.6 Å². The molecule has 0 spiro atoms. The number of amides is 1. The minimum atomic E-state index is -0.114. The fraction of sp³-hybridized carbons (Fsp3) is 0.667. The Bertz CT molecular complexity index is 461. The Morgan fingerprint density at radius 1 is 1.48 bits per heavy atom. The zero-order valence-electron chi connectivity index (χ0n) is 12.8. The average molecular weight is 292 g/mol. The van der Waals surface area contributed by atoms with Gasteiger partial charge in [0.2, 0.25) is 0 Å². The van der Waals surface area contributed by atoms with Crippen LogP contribution in [-0.2, 0) is 4.74 Å².